The molecule has 0 saturated carbocycles. The summed E-state index contributed by atoms with van der Waals surface area (Å²) >= 11 is 1.70. The van der Waals surface area contributed by atoms with E-state index in [9.17, 15) is 9.59 Å². The number of nitrogens with one attached hydrogen (secondary N) is 1. The van der Waals surface area contributed by atoms with E-state index in [1.54, 1.807) is 16.2 Å². The number of carbonyl (C=O) groups is 2. The molecule has 6 heteroatoms. The summed E-state index contributed by atoms with van der Waals surface area (Å²) in [6.07, 6.45) is 0.948. The number of anilines is 1. The van der Waals surface area contributed by atoms with Crippen molar-refractivity contribution >= 4 is 29.0 Å². The van der Waals surface area contributed by atoms with Gasteiger partial charge in [0.2, 0.25) is 5.91 Å². The van der Waals surface area contributed by atoms with E-state index in [1.807, 2.05) is 59.5 Å². The smallest absolute Gasteiger partial charge is 0.322 e. The van der Waals surface area contributed by atoms with Crippen molar-refractivity contribution in [2.24, 2.45) is 5.92 Å². The number of nitrogens with zero attached hydrogens (tertiary/aromatic N) is 2. The highest BCUT2D eigenvalue weighted by Crippen LogP contribution is 2.19. The minimum Gasteiger partial charge on any atom is -0.332 e. The molecule has 0 aliphatic rings. The van der Waals surface area contributed by atoms with Crippen molar-refractivity contribution in [3.8, 4) is 0 Å². The number of hydrogen-bond acceptors (Lipinski definition) is 3. The molecule has 0 bridgehead atoms. The average Bonchev–Trinajstić information content (AvgIpc) is 3.23. The first-order chi connectivity index (χ1) is 16.3. The van der Waals surface area contributed by atoms with E-state index in [2.05, 4.69) is 45.1 Å². The van der Waals surface area contributed by atoms with Gasteiger partial charge in [-0.3, -0.25) is 4.79 Å². The zero-order chi connectivity index (χ0) is 24.5. The van der Waals surface area contributed by atoms with Gasteiger partial charge in [0.05, 0.1) is 6.54 Å². The lowest BCUT2D eigenvalue weighted by Gasteiger charge is -2.29. The topological polar surface area (TPSA) is 52.7 Å². The summed E-state index contributed by atoms with van der Waals surface area (Å²) in [5, 5.41) is 2.96. The van der Waals surface area contributed by atoms with Crippen LogP contribution in [0.15, 0.2) is 66.7 Å². The Hall–Kier alpha value is -3.12. The Labute approximate surface area is 207 Å². The third-order valence-electron chi connectivity index (χ3n) is 5.52. The van der Waals surface area contributed by atoms with Crippen molar-refractivity contribution in [2.75, 3.05) is 18.4 Å². The molecule has 34 heavy (non-hydrogen) atoms. The summed E-state index contributed by atoms with van der Waals surface area (Å²) in [6, 6.07) is 21.7. The van der Waals surface area contributed by atoms with Gasteiger partial charge in [-0.1, -0.05) is 63.2 Å². The third-order valence-corrected chi connectivity index (χ3v) is 6.51. The van der Waals surface area contributed by atoms with E-state index < -0.39 is 0 Å². The van der Waals surface area contributed by atoms with Gasteiger partial charge in [-0.05, 0) is 54.7 Å². The normalized spacial score (nSPS) is 10.9. The van der Waals surface area contributed by atoms with Crippen LogP contribution in [0.2, 0.25) is 0 Å². The van der Waals surface area contributed by atoms with Gasteiger partial charge in [-0.25, -0.2) is 4.79 Å². The molecule has 0 atom stereocenters. The molecule has 0 fully saturated rings. The molecular weight excluding hydrogens is 442 g/mol. The van der Waals surface area contributed by atoms with Crippen molar-refractivity contribution < 1.29 is 9.59 Å². The molecule has 180 valence electrons. The molecule has 0 spiro atoms. The van der Waals surface area contributed by atoms with Gasteiger partial charge in [0.1, 0.15) is 6.54 Å². The fraction of sp³-hybridized carbons (Fsp3) is 0.357. The highest BCUT2D eigenvalue weighted by atomic mass is 32.1. The summed E-state index contributed by atoms with van der Waals surface area (Å²) in [4.78, 5) is 32.5. The summed E-state index contributed by atoms with van der Waals surface area (Å²) in [7, 11) is 0. The second kappa shape index (κ2) is 12.4. The van der Waals surface area contributed by atoms with Crippen LogP contribution in [0.4, 0.5) is 10.5 Å². The van der Waals surface area contributed by atoms with Crippen molar-refractivity contribution in [2.45, 2.75) is 47.2 Å². The first kappa shape index (κ1) is 25.5. The predicted octanol–water partition coefficient (Wildman–Crippen LogP) is 6.34. The van der Waals surface area contributed by atoms with Crippen molar-refractivity contribution in [1.82, 2.24) is 9.80 Å². The Kier molecular flexibility index (Phi) is 9.28. The predicted molar refractivity (Wildman–Crippen MR) is 141 cm³/mol. The minimum absolute atomic E-state index is 0.0360. The molecule has 1 heterocycles. The zero-order valence-corrected chi connectivity index (χ0v) is 21.4. The van der Waals surface area contributed by atoms with Crippen molar-refractivity contribution in [3.05, 3.63) is 87.6 Å². The molecule has 0 saturated heterocycles. The largest absolute Gasteiger partial charge is 0.332 e. The van der Waals surface area contributed by atoms with Crippen LogP contribution in [0.5, 0.6) is 0 Å². The Morgan fingerprint density at radius 1 is 0.882 bits per heavy atom. The van der Waals surface area contributed by atoms with Crippen LogP contribution < -0.4 is 5.32 Å². The molecule has 0 aliphatic carbocycles. The van der Waals surface area contributed by atoms with Gasteiger partial charge in [0, 0.05) is 28.5 Å². The SMILES string of the molecule is CCc1ccc(NC(=O)N(CC(=O)N(Cc2ccccc2)Cc2ccc(C)s2)CC(C)C)cc1. The van der Waals surface area contributed by atoms with E-state index in [0.29, 0.717) is 19.6 Å². The van der Waals surface area contributed by atoms with Gasteiger partial charge in [-0.2, -0.15) is 0 Å². The second-order valence-corrected chi connectivity index (χ2v) is 10.4. The van der Waals surface area contributed by atoms with E-state index in [-0.39, 0.29) is 24.4 Å². The molecule has 1 N–H and O–H groups in total. The van der Waals surface area contributed by atoms with Crippen LogP contribution in [0.3, 0.4) is 0 Å². The van der Waals surface area contributed by atoms with E-state index in [1.165, 1.54) is 10.4 Å². The fourth-order valence-electron chi connectivity index (χ4n) is 3.74. The zero-order valence-electron chi connectivity index (χ0n) is 20.6. The van der Waals surface area contributed by atoms with Crippen LogP contribution in [-0.4, -0.2) is 34.8 Å². The number of hydrogen-bond donors (Lipinski definition) is 1. The lowest BCUT2D eigenvalue weighted by molar-refractivity contribution is -0.133. The van der Waals surface area contributed by atoms with E-state index >= 15 is 0 Å². The van der Waals surface area contributed by atoms with Gasteiger partial charge in [0.25, 0.3) is 0 Å². The van der Waals surface area contributed by atoms with Gasteiger partial charge in [-0.15, -0.1) is 11.3 Å². The van der Waals surface area contributed by atoms with Crippen LogP contribution in [0.1, 0.15) is 41.7 Å². The van der Waals surface area contributed by atoms with Gasteiger partial charge >= 0.3 is 6.03 Å². The summed E-state index contributed by atoms with van der Waals surface area (Å²) in [5.41, 5.74) is 3.02. The summed E-state index contributed by atoms with van der Waals surface area (Å²) in [6.45, 7) is 9.85. The summed E-state index contributed by atoms with van der Waals surface area (Å²) < 4.78 is 0. The Balaban J connectivity index is 1.75. The first-order valence-electron chi connectivity index (χ1n) is 11.9. The highest BCUT2D eigenvalue weighted by Gasteiger charge is 2.23. The third kappa shape index (κ3) is 7.73. The molecular formula is C28H35N3O2S. The maximum absolute atomic E-state index is 13.5. The Morgan fingerprint density at radius 3 is 2.18 bits per heavy atom. The van der Waals surface area contributed by atoms with Crippen LogP contribution in [0.25, 0.3) is 0 Å². The molecule has 0 aliphatic heterocycles. The molecule has 5 nitrogen and oxygen atoms in total. The van der Waals surface area contributed by atoms with E-state index in [4.69, 9.17) is 0 Å². The number of rotatable bonds is 10. The standard InChI is InChI=1S/C28H35N3O2S/c1-5-23-12-14-25(15-13-23)29-28(33)31(17-21(2)3)20-27(32)30(18-24-9-7-6-8-10-24)19-26-16-11-22(4)34-26/h6-16,21H,5,17-20H2,1-4H3,(H,29,33). The molecule has 3 rings (SSSR count). The van der Waals surface area contributed by atoms with Crippen LogP contribution in [-0.2, 0) is 24.3 Å². The highest BCUT2D eigenvalue weighted by molar-refractivity contribution is 7.11. The number of thiophene rings is 1. The van der Waals surface area contributed by atoms with Crippen LogP contribution >= 0.6 is 11.3 Å². The van der Waals surface area contributed by atoms with Gasteiger partial charge < -0.3 is 15.1 Å². The van der Waals surface area contributed by atoms with E-state index in [0.717, 1.165) is 22.5 Å². The van der Waals surface area contributed by atoms with Crippen LogP contribution in [0, 0.1) is 12.8 Å². The number of aryl methyl sites for hydroxylation is 2. The van der Waals surface area contributed by atoms with Crippen molar-refractivity contribution in [1.29, 1.82) is 0 Å². The average molecular weight is 478 g/mol. The minimum atomic E-state index is -0.252. The first-order valence-corrected chi connectivity index (χ1v) is 12.7. The lowest BCUT2D eigenvalue weighted by atomic mass is 10.1. The molecule has 3 aromatic rings. The maximum atomic E-state index is 13.5. The Morgan fingerprint density at radius 2 is 1.59 bits per heavy atom. The number of carbonyl (C=O) groups excluding carboxylic acids is 2. The molecule has 0 unspecified atom stereocenters. The number of urea groups is 1. The number of amides is 3. The molecule has 3 amide bonds. The lowest BCUT2D eigenvalue weighted by Crippen LogP contribution is -2.45. The second-order valence-electron chi connectivity index (χ2n) is 9.00. The van der Waals surface area contributed by atoms with Gasteiger partial charge in [0.15, 0.2) is 0 Å². The quantitative estimate of drug-likeness (QED) is 0.370. The van der Waals surface area contributed by atoms with Crippen molar-refractivity contribution in [3.63, 3.8) is 0 Å². The maximum Gasteiger partial charge on any atom is 0.322 e. The Bertz CT molecular complexity index is 1060. The number of benzene rings is 2. The molecule has 0 radical (unpaired) electrons. The molecule has 1 aromatic heterocycles. The summed E-state index contributed by atoms with van der Waals surface area (Å²) in [5.74, 6) is 0.176. The monoisotopic (exact) mass is 477 g/mol. The molecule has 2 aromatic carbocycles. The fourth-order valence-corrected chi connectivity index (χ4v) is 4.65.